The second-order valence-corrected chi connectivity index (χ2v) is 5.48. The van der Waals surface area contributed by atoms with Crippen molar-refractivity contribution in [2.24, 2.45) is 4.99 Å². The zero-order valence-corrected chi connectivity index (χ0v) is 12.3. The van der Waals surface area contributed by atoms with Gasteiger partial charge in [0.15, 0.2) is 0 Å². The smallest absolute Gasteiger partial charge is 0.378 e. The molecule has 0 aliphatic carbocycles. The standard InChI is InChI=1S/C15H10BrF3N2/c16-11-2-1-3-12-14(11)21-13(8-20-12)9-4-6-10(7-5-9)15(17,18)19/h1-7,20H,8H2. The molecule has 0 spiro atoms. The second-order valence-electron chi connectivity index (χ2n) is 4.62. The Morgan fingerprint density at radius 1 is 1.05 bits per heavy atom. The molecule has 1 aliphatic heterocycles. The summed E-state index contributed by atoms with van der Waals surface area (Å²) in [6.45, 7) is 0.481. The molecule has 1 N–H and O–H groups in total. The van der Waals surface area contributed by atoms with Gasteiger partial charge in [-0.25, -0.2) is 4.99 Å². The Morgan fingerprint density at radius 2 is 1.76 bits per heavy atom. The summed E-state index contributed by atoms with van der Waals surface area (Å²) in [5.41, 5.74) is 2.40. The first-order valence-electron chi connectivity index (χ1n) is 6.23. The predicted molar refractivity (Wildman–Crippen MR) is 80.3 cm³/mol. The van der Waals surface area contributed by atoms with E-state index in [1.54, 1.807) is 0 Å². The fourth-order valence-electron chi connectivity index (χ4n) is 2.14. The number of benzene rings is 2. The Balaban J connectivity index is 1.97. The van der Waals surface area contributed by atoms with E-state index in [2.05, 4.69) is 26.2 Å². The Morgan fingerprint density at radius 3 is 2.43 bits per heavy atom. The summed E-state index contributed by atoms with van der Waals surface area (Å²) < 4.78 is 38.5. The highest BCUT2D eigenvalue weighted by Crippen LogP contribution is 2.36. The SMILES string of the molecule is FC(F)(F)c1ccc(C2=Nc3c(Br)cccc3NC2)cc1. The molecule has 0 fully saturated rings. The van der Waals surface area contributed by atoms with E-state index in [0.29, 0.717) is 17.8 Å². The molecule has 108 valence electrons. The van der Waals surface area contributed by atoms with Crippen molar-refractivity contribution in [2.75, 3.05) is 11.9 Å². The van der Waals surface area contributed by atoms with Gasteiger partial charge in [-0.05, 0) is 45.8 Å². The van der Waals surface area contributed by atoms with Crippen LogP contribution in [0.3, 0.4) is 0 Å². The predicted octanol–water partition coefficient (Wildman–Crippen LogP) is 5.01. The molecule has 21 heavy (non-hydrogen) atoms. The van der Waals surface area contributed by atoms with Gasteiger partial charge in [-0.15, -0.1) is 0 Å². The van der Waals surface area contributed by atoms with Crippen LogP contribution in [0.1, 0.15) is 11.1 Å². The van der Waals surface area contributed by atoms with Gasteiger partial charge < -0.3 is 5.32 Å². The second kappa shape index (κ2) is 5.18. The van der Waals surface area contributed by atoms with Crippen molar-refractivity contribution in [2.45, 2.75) is 6.18 Å². The molecule has 2 nitrogen and oxygen atoms in total. The molecule has 6 heteroatoms. The summed E-state index contributed by atoms with van der Waals surface area (Å²) in [6.07, 6.45) is -4.32. The Labute approximate surface area is 127 Å². The van der Waals surface area contributed by atoms with Gasteiger partial charge in [0.2, 0.25) is 0 Å². The normalized spacial score (nSPS) is 14.2. The number of halogens is 4. The number of nitrogens with one attached hydrogen (secondary N) is 1. The first-order chi connectivity index (χ1) is 9.95. The zero-order chi connectivity index (χ0) is 15.0. The monoisotopic (exact) mass is 354 g/mol. The highest BCUT2D eigenvalue weighted by Gasteiger charge is 2.30. The number of fused-ring (bicyclic) bond motifs is 1. The molecule has 2 aromatic rings. The van der Waals surface area contributed by atoms with Crippen molar-refractivity contribution >= 4 is 33.0 Å². The minimum Gasteiger partial charge on any atom is -0.378 e. The molecule has 0 aromatic heterocycles. The minimum absolute atomic E-state index is 0.481. The van der Waals surface area contributed by atoms with Gasteiger partial charge in [-0.1, -0.05) is 18.2 Å². The molecular weight excluding hydrogens is 345 g/mol. The van der Waals surface area contributed by atoms with Crippen LogP contribution >= 0.6 is 15.9 Å². The first kappa shape index (κ1) is 14.1. The van der Waals surface area contributed by atoms with E-state index in [4.69, 9.17) is 0 Å². The largest absolute Gasteiger partial charge is 0.416 e. The molecule has 0 saturated carbocycles. The van der Waals surface area contributed by atoms with E-state index in [9.17, 15) is 13.2 Å². The molecule has 1 heterocycles. The van der Waals surface area contributed by atoms with Gasteiger partial charge in [-0.2, -0.15) is 13.2 Å². The maximum Gasteiger partial charge on any atom is 0.416 e. The molecule has 0 atom stereocenters. The number of hydrogen-bond donors (Lipinski definition) is 1. The van der Waals surface area contributed by atoms with Crippen LogP contribution in [0.15, 0.2) is 51.9 Å². The van der Waals surface area contributed by atoms with Gasteiger partial charge in [0.1, 0.15) is 5.69 Å². The van der Waals surface area contributed by atoms with Crippen LogP contribution in [0.5, 0.6) is 0 Å². The summed E-state index contributed by atoms with van der Waals surface area (Å²) >= 11 is 3.42. The topological polar surface area (TPSA) is 24.4 Å². The molecule has 0 amide bonds. The van der Waals surface area contributed by atoms with Crippen molar-refractivity contribution in [3.8, 4) is 0 Å². The number of hydrogen-bond acceptors (Lipinski definition) is 2. The molecular formula is C15H10BrF3N2. The van der Waals surface area contributed by atoms with Crippen molar-refractivity contribution in [3.05, 3.63) is 58.1 Å². The average molecular weight is 355 g/mol. The van der Waals surface area contributed by atoms with Crippen molar-refractivity contribution in [1.29, 1.82) is 0 Å². The van der Waals surface area contributed by atoms with Crippen molar-refractivity contribution in [1.82, 2.24) is 0 Å². The first-order valence-corrected chi connectivity index (χ1v) is 7.02. The van der Waals surface area contributed by atoms with E-state index in [0.717, 1.165) is 28.0 Å². The third-order valence-electron chi connectivity index (χ3n) is 3.23. The fourth-order valence-corrected chi connectivity index (χ4v) is 2.60. The van der Waals surface area contributed by atoms with Crippen LogP contribution in [-0.4, -0.2) is 12.3 Å². The zero-order valence-electron chi connectivity index (χ0n) is 10.7. The number of nitrogens with zero attached hydrogens (tertiary/aromatic N) is 1. The van der Waals surface area contributed by atoms with Gasteiger partial charge in [-0.3, -0.25) is 0 Å². The summed E-state index contributed by atoms with van der Waals surface area (Å²) in [7, 11) is 0. The van der Waals surface area contributed by atoms with Crippen LogP contribution in [0.2, 0.25) is 0 Å². The van der Waals surface area contributed by atoms with Crippen LogP contribution < -0.4 is 5.32 Å². The molecule has 0 bridgehead atoms. The number of aliphatic imine (C=N–C) groups is 1. The lowest BCUT2D eigenvalue weighted by molar-refractivity contribution is -0.137. The lowest BCUT2D eigenvalue weighted by Crippen LogP contribution is -2.19. The van der Waals surface area contributed by atoms with Gasteiger partial charge in [0.25, 0.3) is 0 Å². The van der Waals surface area contributed by atoms with Gasteiger partial charge in [0, 0.05) is 4.47 Å². The highest BCUT2D eigenvalue weighted by atomic mass is 79.9. The molecule has 1 aliphatic rings. The Kier molecular flexibility index (Phi) is 3.49. The van der Waals surface area contributed by atoms with Crippen molar-refractivity contribution < 1.29 is 13.2 Å². The fraction of sp³-hybridized carbons (Fsp3) is 0.133. The summed E-state index contributed by atoms with van der Waals surface area (Å²) in [6, 6.07) is 10.7. The maximum absolute atomic E-state index is 12.6. The summed E-state index contributed by atoms with van der Waals surface area (Å²) in [4.78, 5) is 4.53. The van der Waals surface area contributed by atoms with Crippen LogP contribution in [0.4, 0.5) is 24.5 Å². The number of para-hydroxylation sites is 1. The molecule has 0 unspecified atom stereocenters. The van der Waals surface area contributed by atoms with E-state index >= 15 is 0 Å². The molecule has 2 aromatic carbocycles. The minimum atomic E-state index is -4.32. The van der Waals surface area contributed by atoms with Crippen molar-refractivity contribution in [3.63, 3.8) is 0 Å². The van der Waals surface area contributed by atoms with E-state index in [-0.39, 0.29) is 0 Å². The third kappa shape index (κ3) is 2.81. The molecule has 0 saturated heterocycles. The molecule has 3 rings (SSSR count). The van der Waals surface area contributed by atoms with E-state index < -0.39 is 11.7 Å². The summed E-state index contributed by atoms with van der Waals surface area (Å²) in [5, 5.41) is 3.21. The Bertz CT molecular complexity index is 706. The average Bonchev–Trinajstić information content (AvgIpc) is 2.47. The number of anilines is 1. The van der Waals surface area contributed by atoms with Gasteiger partial charge >= 0.3 is 6.18 Å². The lowest BCUT2D eigenvalue weighted by Gasteiger charge is -2.19. The summed E-state index contributed by atoms with van der Waals surface area (Å²) in [5.74, 6) is 0. The highest BCUT2D eigenvalue weighted by molar-refractivity contribution is 9.10. The quantitative estimate of drug-likeness (QED) is 0.764. The van der Waals surface area contributed by atoms with Crippen LogP contribution in [0.25, 0.3) is 0 Å². The van der Waals surface area contributed by atoms with E-state index in [1.165, 1.54) is 12.1 Å². The molecule has 0 radical (unpaired) electrons. The number of rotatable bonds is 1. The maximum atomic E-state index is 12.6. The Hall–Kier alpha value is -1.82. The van der Waals surface area contributed by atoms with E-state index in [1.807, 2.05) is 18.2 Å². The number of alkyl halides is 3. The third-order valence-corrected chi connectivity index (χ3v) is 3.87. The van der Waals surface area contributed by atoms with Crippen LogP contribution in [-0.2, 0) is 6.18 Å². The lowest BCUT2D eigenvalue weighted by atomic mass is 10.1. The van der Waals surface area contributed by atoms with Gasteiger partial charge in [0.05, 0.1) is 23.5 Å². The van der Waals surface area contributed by atoms with Crippen LogP contribution in [0, 0.1) is 0 Å².